The number of esters is 1. The quantitative estimate of drug-likeness (QED) is 0.638. The highest BCUT2D eigenvalue weighted by atomic mass is 16.5. The van der Waals surface area contributed by atoms with Crippen molar-refractivity contribution >= 4 is 16.9 Å². The van der Waals surface area contributed by atoms with Gasteiger partial charge >= 0.3 is 5.97 Å². The Labute approximate surface area is 81.1 Å². The lowest BCUT2D eigenvalue weighted by molar-refractivity contribution is 0.0594. The second kappa shape index (κ2) is 3.14. The molecule has 0 saturated carbocycles. The molecule has 2 heterocycles. The van der Waals surface area contributed by atoms with Gasteiger partial charge in [-0.25, -0.2) is 9.78 Å². The molecule has 0 aliphatic rings. The lowest BCUT2D eigenvalue weighted by Crippen LogP contribution is -2.03. The maximum absolute atomic E-state index is 11.2. The third-order valence-corrected chi connectivity index (χ3v) is 2.16. The number of carbonyl (C=O) groups excluding carboxylic acids is 1. The molecule has 0 unspecified atom stereocenters. The van der Waals surface area contributed by atoms with Gasteiger partial charge in [-0.15, -0.1) is 0 Å². The van der Waals surface area contributed by atoms with Crippen LogP contribution < -0.4 is 0 Å². The van der Waals surface area contributed by atoms with Gasteiger partial charge in [-0.3, -0.25) is 0 Å². The molecule has 0 aliphatic carbocycles. The van der Waals surface area contributed by atoms with Crippen LogP contribution >= 0.6 is 0 Å². The molecule has 2 aromatic rings. The first-order valence-electron chi connectivity index (χ1n) is 4.22. The number of fused-ring (bicyclic) bond motifs is 1. The zero-order valence-corrected chi connectivity index (χ0v) is 8.02. The summed E-state index contributed by atoms with van der Waals surface area (Å²) in [6, 6.07) is 3.67. The Morgan fingerprint density at radius 3 is 3.07 bits per heavy atom. The van der Waals surface area contributed by atoms with Gasteiger partial charge in [0.25, 0.3) is 0 Å². The van der Waals surface area contributed by atoms with E-state index in [1.807, 2.05) is 23.9 Å². The van der Waals surface area contributed by atoms with Gasteiger partial charge in [0.1, 0.15) is 5.69 Å². The number of aryl methyl sites for hydroxylation is 1. The van der Waals surface area contributed by atoms with Crippen molar-refractivity contribution in [3.8, 4) is 0 Å². The van der Waals surface area contributed by atoms with Crippen molar-refractivity contribution in [3.05, 3.63) is 30.2 Å². The first-order valence-corrected chi connectivity index (χ1v) is 4.22. The first kappa shape index (κ1) is 8.74. The van der Waals surface area contributed by atoms with Crippen molar-refractivity contribution in [2.45, 2.75) is 0 Å². The van der Waals surface area contributed by atoms with E-state index < -0.39 is 5.97 Å². The van der Waals surface area contributed by atoms with Crippen molar-refractivity contribution in [3.63, 3.8) is 0 Å². The second-order valence-electron chi connectivity index (χ2n) is 3.05. The first-order chi connectivity index (χ1) is 6.72. The zero-order chi connectivity index (χ0) is 10.1. The molecule has 4 nitrogen and oxygen atoms in total. The standard InChI is InChI=1S/C10H10N2O2/c1-12-4-3-7-6-11-8(5-9(7)12)10(13)14-2/h3-6H,1-2H3. The summed E-state index contributed by atoms with van der Waals surface area (Å²) in [7, 11) is 3.27. The van der Waals surface area contributed by atoms with Crippen LogP contribution in [0.2, 0.25) is 0 Å². The zero-order valence-electron chi connectivity index (χ0n) is 8.02. The highest BCUT2D eigenvalue weighted by Gasteiger charge is 2.08. The molecule has 0 bridgehead atoms. The minimum absolute atomic E-state index is 0.335. The van der Waals surface area contributed by atoms with Crippen molar-refractivity contribution < 1.29 is 9.53 Å². The molecule has 14 heavy (non-hydrogen) atoms. The molecule has 72 valence electrons. The van der Waals surface area contributed by atoms with E-state index in [4.69, 9.17) is 0 Å². The summed E-state index contributed by atoms with van der Waals surface area (Å²) in [6.45, 7) is 0. The number of hydrogen-bond acceptors (Lipinski definition) is 3. The van der Waals surface area contributed by atoms with Crippen LogP contribution in [0.25, 0.3) is 10.9 Å². The van der Waals surface area contributed by atoms with Crippen molar-refractivity contribution in [1.29, 1.82) is 0 Å². The van der Waals surface area contributed by atoms with E-state index in [2.05, 4.69) is 9.72 Å². The van der Waals surface area contributed by atoms with Crippen LogP contribution in [0, 0.1) is 0 Å². The Bertz CT molecular complexity index is 488. The lowest BCUT2D eigenvalue weighted by atomic mass is 10.3. The van der Waals surface area contributed by atoms with E-state index in [1.54, 1.807) is 12.3 Å². The minimum atomic E-state index is -0.409. The molecule has 0 atom stereocenters. The van der Waals surface area contributed by atoms with Crippen LogP contribution in [0.1, 0.15) is 10.5 Å². The number of ether oxygens (including phenoxy) is 1. The number of nitrogens with zero attached hydrogens (tertiary/aromatic N) is 2. The molecule has 4 heteroatoms. The Hall–Kier alpha value is -1.84. The highest BCUT2D eigenvalue weighted by Crippen LogP contribution is 2.14. The summed E-state index contributed by atoms with van der Waals surface area (Å²) in [5.41, 5.74) is 1.31. The van der Waals surface area contributed by atoms with E-state index in [9.17, 15) is 4.79 Å². The molecule has 0 saturated heterocycles. The SMILES string of the molecule is COC(=O)c1cc2c(ccn2C)cn1. The Kier molecular flexibility index (Phi) is 1.96. The monoisotopic (exact) mass is 190 g/mol. The van der Waals surface area contributed by atoms with Gasteiger partial charge in [0.05, 0.1) is 12.6 Å². The molecule has 2 rings (SSSR count). The minimum Gasteiger partial charge on any atom is -0.464 e. The Morgan fingerprint density at radius 2 is 2.36 bits per heavy atom. The number of carbonyl (C=O) groups is 1. The molecular weight excluding hydrogens is 180 g/mol. The Balaban J connectivity index is 2.60. The van der Waals surface area contributed by atoms with Crippen LogP contribution in [0.5, 0.6) is 0 Å². The average Bonchev–Trinajstić information content (AvgIpc) is 2.59. The van der Waals surface area contributed by atoms with Gasteiger partial charge in [0, 0.05) is 24.8 Å². The molecule has 0 amide bonds. The second-order valence-corrected chi connectivity index (χ2v) is 3.05. The molecule has 0 fully saturated rings. The van der Waals surface area contributed by atoms with Gasteiger partial charge in [-0.05, 0) is 12.1 Å². The number of rotatable bonds is 1. The fourth-order valence-electron chi connectivity index (χ4n) is 1.38. The van der Waals surface area contributed by atoms with E-state index in [0.717, 1.165) is 10.9 Å². The molecule has 2 aromatic heterocycles. The topological polar surface area (TPSA) is 44.1 Å². The molecule has 0 N–H and O–H groups in total. The number of methoxy groups -OCH3 is 1. The summed E-state index contributed by atoms with van der Waals surface area (Å²) in [4.78, 5) is 15.2. The lowest BCUT2D eigenvalue weighted by Gasteiger charge is -1.99. The van der Waals surface area contributed by atoms with Gasteiger partial charge in [0.2, 0.25) is 0 Å². The predicted octanol–water partition coefficient (Wildman–Crippen LogP) is 1.36. The number of pyridine rings is 1. The maximum Gasteiger partial charge on any atom is 0.356 e. The van der Waals surface area contributed by atoms with Crippen LogP contribution in [0.3, 0.4) is 0 Å². The molecule has 0 spiro atoms. The number of aromatic nitrogens is 2. The summed E-state index contributed by atoms with van der Waals surface area (Å²) < 4.78 is 6.52. The van der Waals surface area contributed by atoms with Gasteiger partial charge < -0.3 is 9.30 Å². The Morgan fingerprint density at radius 1 is 1.57 bits per heavy atom. The highest BCUT2D eigenvalue weighted by molar-refractivity contribution is 5.92. The van der Waals surface area contributed by atoms with Crippen LogP contribution in [-0.4, -0.2) is 22.6 Å². The fourth-order valence-corrected chi connectivity index (χ4v) is 1.38. The summed E-state index contributed by atoms with van der Waals surface area (Å²) in [6.07, 6.45) is 3.59. The van der Waals surface area contributed by atoms with E-state index in [1.165, 1.54) is 7.11 Å². The largest absolute Gasteiger partial charge is 0.464 e. The van der Waals surface area contributed by atoms with Crippen molar-refractivity contribution in [1.82, 2.24) is 9.55 Å². The van der Waals surface area contributed by atoms with Crippen molar-refractivity contribution in [2.75, 3.05) is 7.11 Å². The van der Waals surface area contributed by atoms with Crippen LogP contribution in [0.15, 0.2) is 24.5 Å². The molecule has 0 aliphatic heterocycles. The van der Waals surface area contributed by atoms with Gasteiger partial charge in [-0.1, -0.05) is 0 Å². The van der Waals surface area contributed by atoms with Gasteiger partial charge in [0.15, 0.2) is 0 Å². The smallest absolute Gasteiger partial charge is 0.356 e. The predicted molar refractivity (Wildman–Crippen MR) is 52.1 cm³/mol. The normalized spacial score (nSPS) is 10.4. The number of hydrogen-bond donors (Lipinski definition) is 0. The maximum atomic E-state index is 11.2. The average molecular weight is 190 g/mol. The van der Waals surface area contributed by atoms with Gasteiger partial charge in [-0.2, -0.15) is 0 Å². The molecular formula is C10H10N2O2. The summed E-state index contributed by atoms with van der Waals surface area (Å²) in [5.74, 6) is -0.409. The summed E-state index contributed by atoms with van der Waals surface area (Å²) >= 11 is 0. The molecule has 0 aromatic carbocycles. The molecule has 0 radical (unpaired) electrons. The summed E-state index contributed by atoms with van der Waals surface area (Å²) in [5, 5.41) is 1.01. The van der Waals surface area contributed by atoms with Crippen molar-refractivity contribution in [2.24, 2.45) is 7.05 Å². The van der Waals surface area contributed by atoms with Crippen LogP contribution in [-0.2, 0) is 11.8 Å². The third-order valence-electron chi connectivity index (χ3n) is 2.16. The van der Waals surface area contributed by atoms with E-state index >= 15 is 0 Å². The van der Waals surface area contributed by atoms with E-state index in [-0.39, 0.29) is 0 Å². The third kappa shape index (κ3) is 1.25. The fraction of sp³-hybridized carbons (Fsp3) is 0.200. The van der Waals surface area contributed by atoms with E-state index in [0.29, 0.717) is 5.69 Å². The van der Waals surface area contributed by atoms with Crippen LogP contribution in [0.4, 0.5) is 0 Å².